The summed E-state index contributed by atoms with van der Waals surface area (Å²) in [6.07, 6.45) is 5.90. The molecule has 0 spiro atoms. The van der Waals surface area contributed by atoms with Gasteiger partial charge in [-0.3, -0.25) is 4.79 Å². The zero-order valence-corrected chi connectivity index (χ0v) is 13.3. The van der Waals surface area contributed by atoms with Crippen molar-refractivity contribution in [3.05, 3.63) is 21.4 Å². The van der Waals surface area contributed by atoms with Crippen molar-refractivity contribution in [2.45, 2.75) is 58.5 Å². The molecule has 1 aliphatic carbocycles. The molecule has 1 aliphatic rings. The maximum absolute atomic E-state index is 12.2. The second-order valence-electron chi connectivity index (χ2n) is 5.84. The van der Waals surface area contributed by atoms with Crippen molar-refractivity contribution < 1.29 is 9.90 Å². The number of aliphatic hydroxyl groups is 1. The first-order valence-corrected chi connectivity index (χ1v) is 8.47. The van der Waals surface area contributed by atoms with Gasteiger partial charge in [0.05, 0.1) is 11.0 Å². The van der Waals surface area contributed by atoms with E-state index in [0.717, 1.165) is 43.4 Å². The normalized spacial score (nSPS) is 22.8. The van der Waals surface area contributed by atoms with Gasteiger partial charge in [-0.15, -0.1) is 11.3 Å². The fraction of sp³-hybridized carbons (Fsp3) is 0.688. The summed E-state index contributed by atoms with van der Waals surface area (Å²) in [6.45, 7) is 4.94. The van der Waals surface area contributed by atoms with Crippen LogP contribution in [0.4, 0.5) is 0 Å². The monoisotopic (exact) mass is 295 g/mol. The van der Waals surface area contributed by atoms with Crippen molar-refractivity contribution in [3.8, 4) is 0 Å². The topological polar surface area (TPSA) is 49.3 Å². The molecule has 20 heavy (non-hydrogen) atoms. The van der Waals surface area contributed by atoms with E-state index in [-0.39, 0.29) is 12.0 Å². The lowest BCUT2D eigenvalue weighted by atomic mass is 9.87. The lowest BCUT2D eigenvalue weighted by Crippen LogP contribution is -2.32. The number of aryl methyl sites for hydroxylation is 2. The Morgan fingerprint density at radius 1 is 1.50 bits per heavy atom. The highest BCUT2D eigenvalue weighted by molar-refractivity contribution is 7.14. The smallest absolute Gasteiger partial charge is 0.261 e. The molecule has 0 bridgehead atoms. The minimum Gasteiger partial charge on any atom is -0.393 e. The van der Waals surface area contributed by atoms with E-state index in [0.29, 0.717) is 12.5 Å². The van der Waals surface area contributed by atoms with Crippen LogP contribution in [0.1, 0.15) is 59.1 Å². The first-order valence-electron chi connectivity index (χ1n) is 7.65. The van der Waals surface area contributed by atoms with Gasteiger partial charge in [0.25, 0.3) is 5.91 Å². The Labute approximate surface area is 125 Å². The number of thiophene rings is 1. The lowest BCUT2D eigenvalue weighted by Gasteiger charge is -2.25. The summed E-state index contributed by atoms with van der Waals surface area (Å²) in [5.74, 6) is 0.472. The number of amides is 1. The molecule has 0 aromatic carbocycles. The second kappa shape index (κ2) is 7.23. The van der Waals surface area contributed by atoms with E-state index in [2.05, 4.69) is 19.2 Å². The van der Waals surface area contributed by atoms with E-state index in [4.69, 9.17) is 0 Å². The Morgan fingerprint density at radius 3 is 3.00 bits per heavy atom. The fourth-order valence-electron chi connectivity index (χ4n) is 2.92. The molecule has 112 valence electrons. The molecule has 0 aliphatic heterocycles. The molecule has 4 heteroatoms. The zero-order chi connectivity index (χ0) is 14.5. The second-order valence-corrected chi connectivity index (χ2v) is 7.09. The molecule has 2 atom stereocenters. The summed E-state index contributed by atoms with van der Waals surface area (Å²) >= 11 is 1.59. The predicted octanol–water partition coefficient (Wildman–Crippen LogP) is 3.29. The number of rotatable bonds is 5. The summed E-state index contributed by atoms with van der Waals surface area (Å²) in [5, 5.41) is 12.7. The molecule has 1 amide bonds. The van der Waals surface area contributed by atoms with Crippen molar-refractivity contribution >= 4 is 17.2 Å². The average molecular weight is 295 g/mol. The summed E-state index contributed by atoms with van der Waals surface area (Å²) in [6, 6.07) is 2.04. The molecule has 2 rings (SSSR count). The van der Waals surface area contributed by atoms with Crippen molar-refractivity contribution in [2.75, 3.05) is 6.54 Å². The van der Waals surface area contributed by atoms with Gasteiger partial charge in [-0.1, -0.05) is 19.8 Å². The van der Waals surface area contributed by atoms with E-state index < -0.39 is 0 Å². The molecule has 0 saturated heterocycles. The van der Waals surface area contributed by atoms with Gasteiger partial charge in [0.15, 0.2) is 0 Å². The first kappa shape index (κ1) is 15.5. The van der Waals surface area contributed by atoms with Crippen LogP contribution in [0.15, 0.2) is 6.07 Å². The van der Waals surface area contributed by atoms with Crippen molar-refractivity contribution in [2.24, 2.45) is 5.92 Å². The van der Waals surface area contributed by atoms with Gasteiger partial charge < -0.3 is 10.4 Å². The number of carbonyl (C=O) groups is 1. The van der Waals surface area contributed by atoms with E-state index in [1.54, 1.807) is 11.3 Å². The summed E-state index contributed by atoms with van der Waals surface area (Å²) in [7, 11) is 0. The number of nitrogens with one attached hydrogen (secondary N) is 1. The summed E-state index contributed by atoms with van der Waals surface area (Å²) < 4.78 is 0. The number of hydrogen-bond donors (Lipinski definition) is 2. The van der Waals surface area contributed by atoms with Crippen LogP contribution in [0, 0.1) is 12.8 Å². The van der Waals surface area contributed by atoms with E-state index >= 15 is 0 Å². The minimum atomic E-state index is -0.175. The van der Waals surface area contributed by atoms with Gasteiger partial charge >= 0.3 is 0 Å². The summed E-state index contributed by atoms with van der Waals surface area (Å²) in [4.78, 5) is 14.3. The van der Waals surface area contributed by atoms with Crippen LogP contribution in [0.5, 0.6) is 0 Å². The molecule has 1 aromatic heterocycles. The number of hydrogen-bond acceptors (Lipinski definition) is 3. The lowest BCUT2D eigenvalue weighted by molar-refractivity contribution is 0.0876. The van der Waals surface area contributed by atoms with Gasteiger partial charge in [0.1, 0.15) is 0 Å². The van der Waals surface area contributed by atoms with Gasteiger partial charge in [-0.05, 0) is 50.2 Å². The highest BCUT2D eigenvalue weighted by Gasteiger charge is 2.21. The Kier molecular flexibility index (Phi) is 5.61. The third kappa shape index (κ3) is 4.06. The Morgan fingerprint density at radius 2 is 2.30 bits per heavy atom. The van der Waals surface area contributed by atoms with Crippen molar-refractivity contribution in [1.82, 2.24) is 5.32 Å². The molecule has 1 aromatic rings. The molecular weight excluding hydrogens is 270 g/mol. The molecule has 1 heterocycles. The number of aliphatic hydroxyl groups excluding tert-OH is 1. The standard InChI is InChI=1S/C16H25NO2S/c1-3-5-13-9-15(20-11(13)2)16(19)17-10-12-6-4-7-14(18)8-12/h9,12,14,18H,3-8,10H2,1-2H3,(H,17,19). The Hall–Kier alpha value is -0.870. The van der Waals surface area contributed by atoms with Gasteiger partial charge in [-0.2, -0.15) is 0 Å². The average Bonchev–Trinajstić information content (AvgIpc) is 2.78. The molecular formula is C16H25NO2S. The largest absolute Gasteiger partial charge is 0.393 e. The van der Waals surface area contributed by atoms with Crippen molar-refractivity contribution in [3.63, 3.8) is 0 Å². The zero-order valence-electron chi connectivity index (χ0n) is 12.4. The van der Waals surface area contributed by atoms with E-state index in [9.17, 15) is 9.90 Å². The van der Waals surface area contributed by atoms with Crippen LogP contribution in [0.2, 0.25) is 0 Å². The SMILES string of the molecule is CCCc1cc(C(=O)NCC2CCCC(O)C2)sc1C. The molecule has 2 N–H and O–H groups in total. The van der Waals surface area contributed by atoms with Crippen LogP contribution in [0.3, 0.4) is 0 Å². The van der Waals surface area contributed by atoms with Crippen LogP contribution >= 0.6 is 11.3 Å². The van der Waals surface area contributed by atoms with Crippen LogP contribution in [0.25, 0.3) is 0 Å². The predicted molar refractivity (Wildman–Crippen MR) is 83.3 cm³/mol. The van der Waals surface area contributed by atoms with Crippen molar-refractivity contribution in [1.29, 1.82) is 0 Å². The fourth-order valence-corrected chi connectivity index (χ4v) is 3.91. The Bertz CT molecular complexity index is 455. The molecule has 1 fully saturated rings. The maximum Gasteiger partial charge on any atom is 0.261 e. The molecule has 2 unspecified atom stereocenters. The highest BCUT2D eigenvalue weighted by Crippen LogP contribution is 2.25. The maximum atomic E-state index is 12.2. The van der Waals surface area contributed by atoms with E-state index in [1.165, 1.54) is 10.4 Å². The van der Waals surface area contributed by atoms with Crippen LogP contribution in [-0.4, -0.2) is 23.7 Å². The number of carbonyl (C=O) groups excluding carboxylic acids is 1. The summed E-state index contributed by atoms with van der Waals surface area (Å²) in [5.41, 5.74) is 1.30. The van der Waals surface area contributed by atoms with Gasteiger partial charge in [0, 0.05) is 11.4 Å². The molecule has 3 nitrogen and oxygen atoms in total. The minimum absolute atomic E-state index is 0.0421. The van der Waals surface area contributed by atoms with Crippen LogP contribution in [-0.2, 0) is 6.42 Å². The Balaban J connectivity index is 1.86. The first-order chi connectivity index (χ1) is 9.60. The van der Waals surface area contributed by atoms with Gasteiger partial charge in [0.2, 0.25) is 0 Å². The van der Waals surface area contributed by atoms with E-state index in [1.807, 2.05) is 6.07 Å². The molecule has 1 saturated carbocycles. The quantitative estimate of drug-likeness (QED) is 0.875. The molecule has 0 radical (unpaired) electrons. The highest BCUT2D eigenvalue weighted by atomic mass is 32.1. The van der Waals surface area contributed by atoms with Crippen LogP contribution < -0.4 is 5.32 Å². The third-order valence-corrected chi connectivity index (χ3v) is 5.16. The third-order valence-electron chi connectivity index (χ3n) is 4.07. The van der Waals surface area contributed by atoms with Gasteiger partial charge in [-0.25, -0.2) is 0 Å².